The number of nitrogens with one attached hydrogen (secondary N) is 4. The van der Waals surface area contributed by atoms with Gasteiger partial charge < -0.3 is 46.9 Å². The molecule has 4 fully saturated rings. The predicted octanol–water partition coefficient (Wildman–Crippen LogP) is 7.74. The first kappa shape index (κ1) is 74.6. The van der Waals surface area contributed by atoms with E-state index < -0.39 is 81.3 Å². The molecule has 9 amide bonds. The van der Waals surface area contributed by atoms with Crippen molar-refractivity contribution in [1.29, 1.82) is 0 Å². The third kappa shape index (κ3) is 17.6. The fourth-order valence-electron chi connectivity index (χ4n) is 16.8. The van der Waals surface area contributed by atoms with Crippen molar-refractivity contribution in [3.63, 3.8) is 0 Å². The van der Waals surface area contributed by atoms with Crippen LogP contribution in [-0.4, -0.2) is 157 Å². The van der Waals surface area contributed by atoms with Crippen molar-refractivity contribution in [2.75, 3.05) is 47.1 Å². The highest BCUT2D eigenvalue weighted by molar-refractivity contribution is 7.85. The number of aromatic carboxylic acids is 1. The van der Waals surface area contributed by atoms with Crippen LogP contribution < -0.4 is 42.5 Å². The second-order valence-electron chi connectivity index (χ2n) is 29.2. The van der Waals surface area contributed by atoms with E-state index in [4.69, 9.17) is 31.0 Å². The molecular weight excluding hydrogens is 1370 g/mol. The molecule has 5 atom stereocenters. The number of urea groups is 1. The van der Waals surface area contributed by atoms with Gasteiger partial charge in [0.05, 0.1) is 34.0 Å². The molecule has 0 saturated heterocycles. The minimum absolute atomic E-state index is 0.00934. The van der Waals surface area contributed by atoms with Crippen molar-refractivity contribution in [2.24, 2.45) is 33.6 Å². The summed E-state index contributed by atoms with van der Waals surface area (Å²) in [7, 11) is -4.63. The van der Waals surface area contributed by atoms with Crippen LogP contribution in [0.3, 0.4) is 0 Å². The molecule has 4 bridgehead atoms. The third-order valence-electron chi connectivity index (χ3n) is 20.2. The van der Waals surface area contributed by atoms with Crippen LogP contribution in [0.1, 0.15) is 154 Å². The van der Waals surface area contributed by atoms with E-state index in [0.29, 0.717) is 95.5 Å². The van der Waals surface area contributed by atoms with Crippen molar-refractivity contribution < 1.29 is 70.7 Å². The number of benzene rings is 2. The van der Waals surface area contributed by atoms with Gasteiger partial charge in [0.1, 0.15) is 24.5 Å². The van der Waals surface area contributed by atoms with E-state index in [2.05, 4.69) is 45.1 Å². The number of carboxylic acid groups (broad SMARTS) is 1. The van der Waals surface area contributed by atoms with Crippen molar-refractivity contribution in [1.82, 2.24) is 45.6 Å². The normalized spacial score (nSPS) is 21.3. The van der Waals surface area contributed by atoms with Gasteiger partial charge in [-0.3, -0.25) is 48.2 Å². The Kier molecular flexibility index (Phi) is 22.3. The van der Waals surface area contributed by atoms with E-state index in [9.17, 15) is 61.2 Å². The number of ether oxygens (including phenoxy) is 2. The van der Waals surface area contributed by atoms with Gasteiger partial charge in [-0.05, 0) is 172 Å². The fraction of sp³-hybridized carbons (Fsp3) is 0.486. The van der Waals surface area contributed by atoms with Crippen LogP contribution >= 0.6 is 11.3 Å². The molecule has 6 aromatic rings. The fourth-order valence-corrected chi connectivity index (χ4v) is 18.4. The lowest BCUT2D eigenvalue weighted by Crippen LogP contribution is -2.64. The number of rotatable bonds is 31. The highest BCUT2D eigenvalue weighted by atomic mass is 32.2. The minimum Gasteiger partial charge on any atom is -0.476 e. The molecule has 548 valence electrons. The standard InChI is InChI=1S/C72H88N14O15S2/c1-43(2)59(80-56(87)16-7-6-8-29-84-57(88)23-24-58(84)89)63(91)78-53(14-10-27-73)64(92)86(66(74)95)48-19-17-45(18-20-48)34-100-68(96)77-47(35-103(97,98)99)26-31-101-72-39-69(4)36-70(5,40-72)38-71(37-69,41-72)42-85-44(3)51(32-76-85)49-21-22-55(79-60(49)65(93)94)83-30-25-46-12-9-13-50(52(46)33-83)62(90)82-67-81-61-54(102-67)15-11-28-75-61/h9,11-13,15,17-24,28,32,43,47,53,59H,6-8,10,14,16,25-27,29-31,33-42,73H2,1-5H3,(H2,74,95)(H,77,96)(H,78,91)(H,80,87)(H,93,94)(H,97,98,99)(H,75,81,82,90)/t47?,53-,59-,69?,70?,71?,72?/m0/s1. The number of carbonyl (C=O) groups excluding carboxylic acids is 8. The topological polar surface area (TPSA) is 413 Å². The van der Waals surface area contributed by atoms with Crippen LogP contribution in [0.4, 0.5) is 26.2 Å². The van der Waals surface area contributed by atoms with Gasteiger partial charge in [0.2, 0.25) is 11.8 Å². The molecule has 0 radical (unpaired) electrons. The smallest absolute Gasteiger partial charge is 0.407 e. The molecule has 103 heavy (non-hydrogen) atoms. The molecule has 6 heterocycles. The van der Waals surface area contributed by atoms with E-state index in [1.807, 2.05) is 46.8 Å². The SMILES string of the molecule is Cc1c(-c2ccc(N3CCc4cccc(C(=O)Nc5nc6ncccc6s5)c4C3)nc2C(=O)O)cnn1CC12CC3(C)CC(C)(C1)CC(OCCC(CS(=O)(=O)O)NC(=O)OCc1ccc(N(C(N)=O)C(=O)[C@H](CCCN)NC(=O)[C@@H](NC(=O)CCCCCN4C(=O)C=CC4=O)C(C)C)cc1)(C3)C2. The number of alkyl carbamates (subject to hydrolysis) is 1. The summed E-state index contributed by atoms with van der Waals surface area (Å²) in [5.74, 6) is -5.09. The Labute approximate surface area is 600 Å². The lowest BCUT2D eigenvalue weighted by Gasteiger charge is -2.69. The quantitative estimate of drug-likeness (QED) is 0.0117. The molecule has 2 aliphatic heterocycles. The zero-order chi connectivity index (χ0) is 73.8. The summed E-state index contributed by atoms with van der Waals surface area (Å²) in [5.41, 5.74) is 15.3. The summed E-state index contributed by atoms with van der Waals surface area (Å²) < 4.78 is 50.2. The number of carbonyl (C=O) groups is 9. The van der Waals surface area contributed by atoms with Crippen molar-refractivity contribution in [3.05, 3.63) is 125 Å². The first-order chi connectivity index (χ1) is 48.9. The molecule has 12 rings (SSSR count). The maximum Gasteiger partial charge on any atom is 0.407 e. The van der Waals surface area contributed by atoms with Crippen LogP contribution in [-0.2, 0) is 69.7 Å². The molecule has 6 aliphatic rings. The number of unbranched alkanes of at least 4 members (excludes halogenated alkanes) is 2. The van der Waals surface area contributed by atoms with Gasteiger partial charge in [-0.1, -0.05) is 69.7 Å². The average molecular weight is 1450 g/mol. The number of anilines is 3. The van der Waals surface area contributed by atoms with Gasteiger partial charge in [0, 0.05) is 79.9 Å². The predicted molar refractivity (Wildman–Crippen MR) is 382 cm³/mol. The Hall–Kier alpha value is -9.56. The van der Waals surface area contributed by atoms with E-state index in [1.54, 1.807) is 38.4 Å². The average Bonchev–Trinajstić information content (AvgIpc) is 1.14. The number of pyridine rings is 2. The number of hydrogen-bond donors (Lipinski definition) is 8. The summed E-state index contributed by atoms with van der Waals surface area (Å²) in [4.78, 5) is 135. The van der Waals surface area contributed by atoms with Gasteiger partial charge in [-0.2, -0.15) is 18.5 Å². The summed E-state index contributed by atoms with van der Waals surface area (Å²) in [6, 6.07) is 13.9. The molecule has 4 aliphatic carbocycles. The highest BCUT2D eigenvalue weighted by Gasteiger charge is 2.66. The number of carboxylic acids is 1. The van der Waals surface area contributed by atoms with Gasteiger partial charge in [-0.15, -0.1) is 0 Å². The van der Waals surface area contributed by atoms with Crippen molar-refractivity contribution >= 4 is 102 Å². The second-order valence-corrected chi connectivity index (χ2v) is 31.7. The van der Waals surface area contributed by atoms with Crippen LogP contribution in [0.25, 0.3) is 21.5 Å². The molecular formula is C72H88N14O15S2. The van der Waals surface area contributed by atoms with Crippen LogP contribution in [0.2, 0.25) is 0 Å². The highest BCUT2D eigenvalue weighted by Crippen LogP contribution is 2.72. The lowest BCUT2D eigenvalue weighted by molar-refractivity contribution is -0.248. The van der Waals surface area contributed by atoms with Crippen LogP contribution in [0.5, 0.6) is 0 Å². The van der Waals surface area contributed by atoms with E-state index in [-0.39, 0.29) is 97.3 Å². The molecule has 4 aromatic heterocycles. The number of thiazole rings is 1. The van der Waals surface area contributed by atoms with Crippen molar-refractivity contribution in [3.8, 4) is 11.1 Å². The number of imide groups is 2. The Morgan fingerprint density at radius 1 is 0.835 bits per heavy atom. The first-order valence-electron chi connectivity index (χ1n) is 34.7. The lowest BCUT2D eigenvalue weighted by atomic mass is 9.39. The third-order valence-corrected chi connectivity index (χ3v) is 22.0. The van der Waals surface area contributed by atoms with Crippen LogP contribution in [0, 0.1) is 29.1 Å². The molecule has 31 heteroatoms. The van der Waals surface area contributed by atoms with Gasteiger partial charge in [0.15, 0.2) is 16.5 Å². The Morgan fingerprint density at radius 3 is 2.25 bits per heavy atom. The number of nitrogens with two attached hydrogens (primary N) is 2. The largest absolute Gasteiger partial charge is 0.476 e. The number of amides is 9. The second kappa shape index (κ2) is 30.8. The minimum atomic E-state index is -4.63. The number of aromatic nitrogens is 5. The zero-order valence-corrected chi connectivity index (χ0v) is 59.9. The Balaban J connectivity index is 0.692. The monoisotopic (exact) mass is 1450 g/mol. The van der Waals surface area contributed by atoms with E-state index in [1.165, 1.54) is 47.8 Å². The van der Waals surface area contributed by atoms with E-state index >= 15 is 0 Å². The maximum absolute atomic E-state index is 14.2. The summed E-state index contributed by atoms with van der Waals surface area (Å²) >= 11 is 1.33. The molecule has 4 saturated carbocycles. The molecule has 10 N–H and O–H groups in total. The van der Waals surface area contributed by atoms with Crippen molar-refractivity contribution in [2.45, 2.75) is 168 Å². The summed E-state index contributed by atoms with van der Waals surface area (Å²) in [5, 5.41) is 27.0. The molecule has 0 spiro atoms. The first-order valence-corrected chi connectivity index (χ1v) is 37.1. The van der Waals surface area contributed by atoms with Gasteiger partial charge >= 0.3 is 18.1 Å². The summed E-state index contributed by atoms with van der Waals surface area (Å²) in [6.07, 6.45) is 12.0. The van der Waals surface area contributed by atoms with Crippen LogP contribution in [0.15, 0.2) is 91.3 Å². The molecule has 2 aromatic carbocycles. The summed E-state index contributed by atoms with van der Waals surface area (Å²) in [6.45, 7) is 11.3. The number of fused-ring (bicyclic) bond motifs is 2. The zero-order valence-electron chi connectivity index (χ0n) is 58.3. The number of hydrogen-bond acceptors (Lipinski definition) is 20. The number of nitrogens with zero attached hydrogens (tertiary/aromatic N) is 8. The van der Waals surface area contributed by atoms with E-state index in [0.717, 1.165) is 58.5 Å². The van der Waals surface area contributed by atoms with Gasteiger partial charge in [-0.25, -0.2) is 29.3 Å². The molecule has 3 unspecified atom stereocenters. The maximum atomic E-state index is 14.2. The Bertz CT molecular complexity index is 4360. The van der Waals surface area contributed by atoms with Gasteiger partial charge in [0.25, 0.3) is 33.7 Å². The Morgan fingerprint density at radius 2 is 1.57 bits per heavy atom. The molecule has 29 nitrogen and oxygen atoms in total. The number of primary amides is 1.